The Hall–Kier alpha value is -0.910. The highest BCUT2D eigenvalue weighted by molar-refractivity contribution is 14.1. The van der Waals surface area contributed by atoms with Crippen molar-refractivity contribution in [2.45, 2.75) is 13.3 Å². The van der Waals surface area contributed by atoms with E-state index in [-0.39, 0.29) is 5.82 Å². The molecule has 4 heteroatoms. The summed E-state index contributed by atoms with van der Waals surface area (Å²) in [6, 6.07) is 4.70. The number of aromatic nitrogens is 1. The van der Waals surface area contributed by atoms with Crippen LogP contribution in [0.1, 0.15) is 12.6 Å². The van der Waals surface area contributed by atoms with Crippen LogP contribution >= 0.6 is 22.6 Å². The lowest BCUT2D eigenvalue weighted by Gasteiger charge is -2.06. The van der Waals surface area contributed by atoms with Gasteiger partial charge in [0.15, 0.2) is 0 Å². The van der Waals surface area contributed by atoms with Crippen molar-refractivity contribution in [3.63, 3.8) is 0 Å². The van der Waals surface area contributed by atoms with Crippen molar-refractivity contribution in [1.29, 1.82) is 0 Å². The summed E-state index contributed by atoms with van der Waals surface area (Å²) in [5, 5.41) is 0.691. The molecule has 2 nitrogen and oxygen atoms in total. The molecule has 0 radical (unpaired) electrons. The van der Waals surface area contributed by atoms with Crippen LogP contribution in [-0.4, -0.2) is 4.98 Å². The average Bonchev–Trinajstić information content (AvgIpc) is 2.19. The highest BCUT2D eigenvalue weighted by Gasteiger charge is 2.07. The zero-order chi connectivity index (χ0) is 11.0. The van der Waals surface area contributed by atoms with E-state index in [4.69, 9.17) is 5.73 Å². The summed E-state index contributed by atoms with van der Waals surface area (Å²) in [6.07, 6.45) is 0.827. The van der Waals surface area contributed by atoms with Crippen LogP contribution in [0.3, 0.4) is 0 Å². The van der Waals surface area contributed by atoms with Crippen molar-refractivity contribution in [2.75, 3.05) is 5.73 Å². The van der Waals surface area contributed by atoms with Crippen LogP contribution in [0.5, 0.6) is 0 Å². The van der Waals surface area contributed by atoms with Crippen LogP contribution in [0.15, 0.2) is 18.2 Å². The lowest BCUT2D eigenvalue weighted by molar-refractivity contribution is 0.628. The van der Waals surface area contributed by atoms with E-state index in [9.17, 15) is 4.39 Å². The molecule has 2 rings (SSSR count). The summed E-state index contributed by atoms with van der Waals surface area (Å²) in [5.41, 5.74) is 8.17. The van der Waals surface area contributed by atoms with E-state index >= 15 is 0 Å². The first-order chi connectivity index (χ1) is 7.11. The molecule has 78 valence electrons. The Labute approximate surface area is 101 Å². The summed E-state index contributed by atoms with van der Waals surface area (Å²) < 4.78 is 14.0. The van der Waals surface area contributed by atoms with Gasteiger partial charge < -0.3 is 5.73 Å². The van der Waals surface area contributed by atoms with E-state index in [0.717, 1.165) is 21.2 Å². The number of pyridine rings is 1. The zero-order valence-electron chi connectivity index (χ0n) is 8.22. The van der Waals surface area contributed by atoms with Crippen LogP contribution in [0, 0.1) is 9.39 Å². The number of halogens is 2. The number of benzene rings is 1. The van der Waals surface area contributed by atoms with Gasteiger partial charge in [-0.2, -0.15) is 0 Å². The third kappa shape index (κ3) is 1.90. The second kappa shape index (κ2) is 3.92. The SMILES string of the molecule is CCc1cc(N)c2cc(F)cc(I)c2n1. The highest BCUT2D eigenvalue weighted by Crippen LogP contribution is 2.26. The van der Waals surface area contributed by atoms with Gasteiger partial charge in [-0.3, -0.25) is 4.98 Å². The molecule has 0 unspecified atom stereocenters. The van der Waals surface area contributed by atoms with E-state index in [1.807, 2.05) is 6.92 Å². The Morgan fingerprint density at radius 1 is 1.40 bits per heavy atom. The molecule has 1 aromatic carbocycles. The van der Waals surface area contributed by atoms with Crippen molar-refractivity contribution < 1.29 is 4.39 Å². The summed E-state index contributed by atoms with van der Waals surface area (Å²) in [5.74, 6) is -0.273. The first-order valence-corrected chi connectivity index (χ1v) is 5.74. The number of nitrogens with zero attached hydrogens (tertiary/aromatic N) is 1. The fourth-order valence-electron chi connectivity index (χ4n) is 1.51. The Morgan fingerprint density at radius 3 is 2.80 bits per heavy atom. The molecule has 0 saturated heterocycles. The van der Waals surface area contributed by atoms with Gasteiger partial charge in [0.2, 0.25) is 0 Å². The molecule has 0 spiro atoms. The molecule has 0 fully saturated rings. The standard InChI is InChI=1S/C11H10FIN2/c1-2-7-5-10(14)8-3-6(12)4-9(13)11(8)15-7/h3-5H,2H2,1H3,(H2,14,15). The van der Waals surface area contributed by atoms with Crippen LogP contribution < -0.4 is 5.73 Å². The summed E-state index contributed by atoms with van der Waals surface area (Å²) in [7, 11) is 0. The predicted molar refractivity (Wildman–Crippen MR) is 68.2 cm³/mol. The minimum Gasteiger partial charge on any atom is -0.398 e. The molecule has 1 heterocycles. The van der Waals surface area contributed by atoms with Gasteiger partial charge in [0.1, 0.15) is 5.82 Å². The van der Waals surface area contributed by atoms with Gasteiger partial charge in [-0.15, -0.1) is 0 Å². The average molecular weight is 316 g/mol. The van der Waals surface area contributed by atoms with Crippen molar-refractivity contribution >= 4 is 39.2 Å². The van der Waals surface area contributed by atoms with Gasteiger partial charge in [0.05, 0.1) is 5.52 Å². The van der Waals surface area contributed by atoms with Gasteiger partial charge in [0, 0.05) is 20.3 Å². The maximum atomic E-state index is 13.2. The first kappa shape index (κ1) is 10.6. The molecule has 2 N–H and O–H groups in total. The lowest BCUT2D eigenvalue weighted by atomic mass is 10.1. The molecule has 0 saturated carbocycles. The van der Waals surface area contributed by atoms with E-state index in [1.165, 1.54) is 12.1 Å². The largest absolute Gasteiger partial charge is 0.398 e. The Morgan fingerprint density at radius 2 is 2.13 bits per heavy atom. The molecule has 1 aromatic heterocycles. The van der Waals surface area contributed by atoms with Crippen molar-refractivity contribution in [1.82, 2.24) is 4.98 Å². The van der Waals surface area contributed by atoms with Gasteiger partial charge in [-0.1, -0.05) is 6.92 Å². The quantitative estimate of drug-likeness (QED) is 0.821. The fourth-order valence-corrected chi connectivity index (χ4v) is 2.22. The van der Waals surface area contributed by atoms with Gasteiger partial charge >= 0.3 is 0 Å². The second-order valence-electron chi connectivity index (χ2n) is 3.34. The Kier molecular flexibility index (Phi) is 2.77. The molecule has 2 aromatic rings. The van der Waals surface area contributed by atoms with Crippen LogP contribution in [0.25, 0.3) is 10.9 Å². The maximum Gasteiger partial charge on any atom is 0.125 e. The number of hydrogen-bond acceptors (Lipinski definition) is 2. The zero-order valence-corrected chi connectivity index (χ0v) is 10.4. The molecule has 0 aliphatic rings. The second-order valence-corrected chi connectivity index (χ2v) is 4.50. The van der Waals surface area contributed by atoms with Gasteiger partial charge in [-0.25, -0.2) is 4.39 Å². The summed E-state index contributed by atoms with van der Waals surface area (Å²) in [4.78, 5) is 4.44. The molecule has 0 amide bonds. The fraction of sp³-hybridized carbons (Fsp3) is 0.182. The van der Waals surface area contributed by atoms with Crippen LogP contribution in [0.2, 0.25) is 0 Å². The first-order valence-electron chi connectivity index (χ1n) is 4.66. The van der Waals surface area contributed by atoms with E-state index in [2.05, 4.69) is 27.6 Å². The Bertz CT molecular complexity index is 525. The van der Waals surface area contributed by atoms with E-state index in [0.29, 0.717) is 11.1 Å². The van der Waals surface area contributed by atoms with E-state index in [1.54, 1.807) is 6.07 Å². The van der Waals surface area contributed by atoms with Crippen molar-refractivity contribution in [2.24, 2.45) is 0 Å². The van der Waals surface area contributed by atoms with Gasteiger partial charge in [-0.05, 0) is 47.2 Å². The molecular formula is C11H10FIN2. The highest BCUT2D eigenvalue weighted by atomic mass is 127. The van der Waals surface area contributed by atoms with Crippen molar-refractivity contribution in [3.05, 3.63) is 33.3 Å². The minimum absolute atomic E-state index is 0.273. The number of rotatable bonds is 1. The monoisotopic (exact) mass is 316 g/mol. The summed E-state index contributed by atoms with van der Waals surface area (Å²) in [6.45, 7) is 2.02. The number of nitrogens with two attached hydrogens (primary N) is 1. The number of aryl methyl sites for hydroxylation is 1. The molecule has 0 aliphatic carbocycles. The number of anilines is 1. The lowest BCUT2D eigenvalue weighted by Crippen LogP contribution is -1.96. The van der Waals surface area contributed by atoms with Gasteiger partial charge in [0.25, 0.3) is 0 Å². The Balaban J connectivity index is 2.85. The van der Waals surface area contributed by atoms with E-state index < -0.39 is 0 Å². The predicted octanol–water partition coefficient (Wildman–Crippen LogP) is 3.12. The number of nitrogen functional groups attached to an aromatic ring is 1. The molecular weight excluding hydrogens is 306 g/mol. The number of fused-ring (bicyclic) bond motifs is 1. The third-order valence-electron chi connectivity index (χ3n) is 2.28. The van der Waals surface area contributed by atoms with Crippen LogP contribution in [0.4, 0.5) is 10.1 Å². The normalized spacial score (nSPS) is 10.9. The molecule has 0 bridgehead atoms. The summed E-state index contributed by atoms with van der Waals surface area (Å²) >= 11 is 2.08. The topological polar surface area (TPSA) is 38.9 Å². The smallest absolute Gasteiger partial charge is 0.125 e. The van der Waals surface area contributed by atoms with Crippen LogP contribution in [-0.2, 0) is 6.42 Å². The molecule has 0 atom stereocenters. The minimum atomic E-state index is -0.273. The molecule has 15 heavy (non-hydrogen) atoms. The molecule has 0 aliphatic heterocycles. The third-order valence-corrected chi connectivity index (χ3v) is 3.10. The maximum absolute atomic E-state index is 13.2. The number of hydrogen-bond donors (Lipinski definition) is 1. The van der Waals surface area contributed by atoms with Crippen molar-refractivity contribution in [3.8, 4) is 0 Å².